The largest absolute Gasteiger partial charge is 0.148 e. The smallest absolute Gasteiger partial charge is 0.00789 e. The minimum Gasteiger partial charge on any atom is -0.148 e. The minimum atomic E-state index is 0.840. The van der Waals surface area contributed by atoms with Crippen molar-refractivity contribution in [3.05, 3.63) is 21.9 Å². The molecule has 0 bridgehead atoms. The van der Waals surface area contributed by atoms with Gasteiger partial charge < -0.3 is 0 Å². The lowest BCUT2D eigenvalue weighted by Gasteiger charge is -2.15. The van der Waals surface area contributed by atoms with Crippen molar-refractivity contribution in [2.45, 2.75) is 78.1 Å². The Hall–Kier alpha value is -0.300. The van der Waals surface area contributed by atoms with Crippen LogP contribution in [-0.2, 0) is 0 Å². The molecule has 1 aromatic heterocycles. The Kier molecular flexibility index (Phi) is 7.59. The highest BCUT2D eigenvalue weighted by Gasteiger charge is 2.12. The highest BCUT2D eigenvalue weighted by atomic mass is 32.1. The fraction of sp³-hybridized carbons (Fsp3) is 0.750. The van der Waals surface area contributed by atoms with Crippen molar-refractivity contribution >= 4 is 11.3 Å². The molecule has 0 atom stereocenters. The van der Waals surface area contributed by atoms with E-state index in [1.807, 2.05) is 11.3 Å². The third kappa shape index (κ3) is 5.72. The molecular formula is C16H28S. The van der Waals surface area contributed by atoms with Gasteiger partial charge in [-0.25, -0.2) is 0 Å². The Morgan fingerprint density at radius 3 is 2.00 bits per heavy atom. The minimum absolute atomic E-state index is 0.840. The first kappa shape index (κ1) is 14.8. The Bertz CT molecular complexity index is 277. The van der Waals surface area contributed by atoms with Gasteiger partial charge in [0, 0.05) is 4.88 Å². The summed E-state index contributed by atoms with van der Waals surface area (Å²) in [5.74, 6) is 0.840. The van der Waals surface area contributed by atoms with Crippen LogP contribution in [0.2, 0.25) is 0 Å². The Balaban J connectivity index is 2.46. The summed E-state index contributed by atoms with van der Waals surface area (Å²) < 4.78 is 0. The molecule has 0 aromatic carbocycles. The zero-order valence-corrected chi connectivity index (χ0v) is 12.6. The molecule has 0 aliphatic carbocycles. The highest BCUT2D eigenvalue weighted by molar-refractivity contribution is 7.10. The highest BCUT2D eigenvalue weighted by Crippen LogP contribution is 2.32. The maximum absolute atomic E-state index is 2.41. The molecule has 0 spiro atoms. The summed E-state index contributed by atoms with van der Waals surface area (Å²) in [6.45, 7) is 6.80. The Morgan fingerprint density at radius 1 is 1.00 bits per heavy atom. The van der Waals surface area contributed by atoms with Crippen LogP contribution in [0.5, 0.6) is 0 Å². The SMILES string of the molecule is CCCCCC(CCCCC)c1cc(C)cs1. The summed E-state index contributed by atoms with van der Waals surface area (Å²) in [6.07, 6.45) is 11.1. The molecule has 0 saturated carbocycles. The molecule has 0 fully saturated rings. The molecular weight excluding hydrogens is 224 g/mol. The van der Waals surface area contributed by atoms with Gasteiger partial charge in [-0.2, -0.15) is 0 Å². The number of aryl methyl sites for hydroxylation is 1. The van der Waals surface area contributed by atoms with Crippen molar-refractivity contribution in [3.63, 3.8) is 0 Å². The molecule has 0 N–H and O–H groups in total. The van der Waals surface area contributed by atoms with Gasteiger partial charge in [0.15, 0.2) is 0 Å². The van der Waals surface area contributed by atoms with Crippen LogP contribution < -0.4 is 0 Å². The van der Waals surface area contributed by atoms with Gasteiger partial charge in [-0.05, 0) is 42.7 Å². The van der Waals surface area contributed by atoms with Gasteiger partial charge in [-0.3, -0.25) is 0 Å². The first-order chi connectivity index (χ1) is 8.27. The monoisotopic (exact) mass is 252 g/mol. The van der Waals surface area contributed by atoms with E-state index in [0.29, 0.717) is 0 Å². The molecule has 1 heteroatoms. The van der Waals surface area contributed by atoms with Gasteiger partial charge in [0.2, 0.25) is 0 Å². The molecule has 0 amide bonds. The van der Waals surface area contributed by atoms with Crippen LogP contribution in [0, 0.1) is 6.92 Å². The molecule has 1 aromatic rings. The molecule has 0 aliphatic rings. The molecule has 0 unspecified atom stereocenters. The summed E-state index contributed by atoms with van der Waals surface area (Å²) >= 11 is 1.97. The third-order valence-electron chi connectivity index (χ3n) is 3.47. The summed E-state index contributed by atoms with van der Waals surface area (Å²) in [4.78, 5) is 1.63. The van der Waals surface area contributed by atoms with Crippen LogP contribution in [0.4, 0.5) is 0 Å². The normalized spacial score (nSPS) is 11.3. The maximum atomic E-state index is 2.41. The predicted octanol–water partition coefficient (Wildman–Crippen LogP) is 6.30. The zero-order valence-electron chi connectivity index (χ0n) is 11.8. The van der Waals surface area contributed by atoms with Crippen LogP contribution >= 0.6 is 11.3 Å². The zero-order chi connectivity index (χ0) is 12.5. The van der Waals surface area contributed by atoms with Crippen molar-refractivity contribution in [3.8, 4) is 0 Å². The van der Waals surface area contributed by atoms with E-state index in [-0.39, 0.29) is 0 Å². The molecule has 0 saturated heterocycles. The van der Waals surface area contributed by atoms with Crippen LogP contribution in [0.15, 0.2) is 11.4 Å². The lowest BCUT2D eigenvalue weighted by atomic mass is 9.93. The van der Waals surface area contributed by atoms with E-state index < -0.39 is 0 Å². The average molecular weight is 252 g/mol. The predicted molar refractivity (Wildman–Crippen MR) is 80.1 cm³/mol. The summed E-state index contributed by atoms with van der Waals surface area (Å²) in [7, 11) is 0. The molecule has 0 aliphatic heterocycles. The second-order valence-corrected chi connectivity index (χ2v) is 6.16. The van der Waals surface area contributed by atoms with Crippen molar-refractivity contribution in [2.75, 3.05) is 0 Å². The van der Waals surface area contributed by atoms with E-state index in [9.17, 15) is 0 Å². The Labute approximate surface area is 111 Å². The molecule has 0 radical (unpaired) electrons. The van der Waals surface area contributed by atoms with E-state index in [2.05, 4.69) is 32.2 Å². The van der Waals surface area contributed by atoms with Crippen LogP contribution in [-0.4, -0.2) is 0 Å². The number of rotatable bonds is 9. The average Bonchev–Trinajstić information content (AvgIpc) is 2.74. The summed E-state index contributed by atoms with van der Waals surface area (Å²) in [6, 6.07) is 2.41. The van der Waals surface area contributed by atoms with E-state index in [4.69, 9.17) is 0 Å². The van der Waals surface area contributed by atoms with Gasteiger partial charge in [0.05, 0.1) is 0 Å². The van der Waals surface area contributed by atoms with Crippen molar-refractivity contribution in [1.82, 2.24) is 0 Å². The van der Waals surface area contributed by atoms with Crippen LogP contribution in [0.3, 0.4) is 0 Å². The van der Waals surface area contributed by atoms with E-state index >= 15 is 0 Å². The number of thiophene rings is 1. The first-order valence-electron chi connectivity index (χ1n) is 7.33. The second kappa shape index (κ2) is 8.74. The van der Waals surface area contributed by atoms with Gasteiger partial charge in [0.25, 0.3) is 0 Å². The fourth-order valence-electron chi connectivity index (χ4n) is 2.38. The molecule has 0 nitrogen and oxygen atoms in total. The van der Waals surface area contributed by atoms with E-state index in [1.165, 1.54) is 56.9 Å². The fourth-order valence-corrected chi connectivity index (χ4v) is 3.45. The van der Waals surface area contributed by atoms with Crippen molar-refractivity contribution in [2.24, 2.45) is 0 Å². The summed E-state index contributed by atoms with van der Waals surface area (Å²) in [5, 5.41) is 2.31. The lowest BCUT2D eigenvalue weighted by Crippen LogP contribution is -1.97. The van der Waals surface area contributed by atoms with Crippen LogP contribution in [0.1, 0.15) is 81.6 Å². The maximum Gasteiger partial charge on any atom is 0.00789 e. The first-order valence-corrected chi connectivity index (χ1v) is 8.20. The molecule has 17 heavy (non-hydrogen) atoms. The standard InChI is InChI=1S/C16H28S/c1-4-6-8-10-15(11-9-7-5-2)16-12-14(3)13-17-16/h12-13,15H,4-11H2,1-3H3. The quantitative estimate of drug-likeness (QED) is 0.452. The van der Waals surface area contributed by atoms with Crippen molar-refractivity contribution in [1.29, 1.82) is 0 Å². The van der Waals surface area contributed by atoms with Gasteiger partial charge in [-0.15, -0.1) is 11.3 Å². The van der Waals surface area contributed by atoms with E-state index in [1.54, 1.807) is 4.88 Å². The molecule has 1 rings (SSSR count). The van der Waals surface area contributed by atoms with Crippen LogP contribution in [0.25, 0.3) is 0 Å². The van der Waals surface area contributed by atoms with Crippen molar-refractivity contribution < 1.29 is 0 Å². The molecule has 98 valence electrons. The number of hydrogen-bond acceptors (Lipinski definition) is 1. The van der Waals surface area contributed by atoms with Gasteiger partial charge >= 0.3 is 0 Å². The van der Waals surface area contributed by atoms with Gasteiger partial charge in [0.1, 0.15) is 0 Å². The Morgan fingerprint density at radius 2 is 1.59 bits per heavy atom. The topological polar surface area (TPSA) is 0 Å². The van der Waals surface area contributed by atoms with E-state index in [0.717, 1.165) is 5.92 Å². The number of unbranched alkanes of at least 4 members (excludes halogenated alkanes) is 4. The molecule has 1 heterocycles. The second-order valence-electron chi connectivity index (χ2n) is 5.21. The number of hydrogen-bond donors (Lipinski definition) is 0. The summed E-state index contributed by atoms with van der Waals surface area (Å²) in [5.41, 5.74) is 1.45. The van der Waals surface area contributed by atoms with Gasteiger partial charge in [-0.1, -0.05) is 52.4 Å². The lowest BCUT2D eigenvalue weighted by molar-refractivity contribution is 0.512. The third-order valence-corrected chi connectivity index (χ3v) is 4.68.